The second-order valence-electron chi connectivity index (χ2n) is 5.23. The number of ether oxygens (including phenoxy) is 2. The van der Waals surface area contributed by atoms with Crippen molar-refractivity contribution in [2.24, 2.45) is 0 Å². The zero-order valence-electron chi connectivity index (χ0n) is 13.5. The minimum Gasteiger partial charge on any atom is -0.423 e. The second-order valence-corrected chi connectivity index (χ2v) is 5.23. The molecule has 0 aliphatic carbocycles. The van der Waals surface area contributed by atoms with Crippen LogP contribution in [0.25, 0.3) is 0 Å². The quantitative estimate of drug-likeness (QED) is 0.428. The van der Waals surface area contributed by atoms with Crippen LogP contribution in [0.2, 0.25) is 0 Å². The SMILES string of the molecule is CCC(OC(F)(F)F)c1ccc(C(=O)Oc2ccc(C#N)c(F)c2)cc1. The molecule has 0 saturated heterocycles. The van der Waals surface area contributed by atoms with Crippen molar-refractivity contribution < 1.29 is 31.8 Å². The monoisotopic (exact) mass is 367 g/mol. The molecule has 0 aromatic heterocycles. The van der Waals surface area contributed by atoms with E-state index in [1.54, 1.807) is 6.07 Å². The van der Waals surface area contributed by atoms with E-state index in [2.05, 4.69) is 4.74 Å². The number of carbonyl (C=O) groups is 1. The maximum Gasteiger partial charge on any atom is 0.523 e. The van der Waals surface area contributed by atoms with E-state index >= 15 is 0 Å². The summed E-state index contributed by atoms with van der Waals surface area (Å²) in [6, 6.07) is 10.2. The van der Waals surface area contributed by atoms with E-state index in [0.29, 0.717) is 0 Å². The zero-order valence-corrected chi connectivity index (χ0v) is 13.5. The van der Waals surface area contributed by atoms with Gasteiger partial charge in [0, 0.05) is 6.07 Å². The molecule has 136 valence electrons. The minimum absolute atomic E-state index is 0.0698. The highest BCUT2D eigenvalue weighted by atomic mass is 19.4. The number of esters is 1. The van der Waals surface area contributed by atoms with Crippen molar-refractivity contribution in [3.8, 4) is 11.8 Å². The predicted octanol–water partition coefficient (Wildman–Crippen LogP) is 4.90. The molecule has 0 heterocycles. The Morgan fingerprint density at radius 2 is 1.85 bits per heavy atom. The minimum atomic E-state index is -4.77. The summed E-state index contributed by atoms with van der Waals surface area (Å²) in [7, 11) is 0. The molecular formula is C18H13F4NO3. The zero-order chi connectivity index (χ0) is 19.3. The van der Waals surface area contributed by atoms with E-state index in [9.17, 15) is 22.4 Å². The molecule has 0 radical (unpaired) electrons. The molecule has 8 heteroatoms. The van der Waals surface area contributed by atoms with E-state index in [1.807, 2.05) is 0 Å². The molecule has 1 unspecified atom stereocenters. The molecule has 2 aromatic rings. The van der Waals surface area contributed by atoms with Crippen LogP contribution in [0.4, 0.5) is 17.6 Å². The maximum atomic E-state index is 13.5. The van der Waals surface area contributed by atoms with Crippen LogP contribution in [-0.2, 0) is 4.74 Å². The van der Waals surface area contributed by atoms with Gasteiger partial charge < -0.3 is 4.74 Å². The van der Waals surface area contributed by atoms with Gasteiger partial charge in [0.1, 0.15) is 17.6 Å². The molecule has 0 aliphatic heterocycles. The predicted molar refractivity (Wildman–Crippen MR) is 82.7 cm³/mol. The van der Waals surface area contributed by atoms with Gasteiger partial charge in [-0.3, -0.25) is 4.74 Å². The Hall–Kier alpha value is -2.92. The van der Waals surface area contributed by atoms with Gasteiger partial charge in [-0.05, 0) is 36.2 Å². The molecule has 0 aliphatic rings. The summed E-state index contributed by atoms with van der Waals surface area (Å²) in [5.41, 5.74) is 0.135. The van der Waals surface area contributed by atoms with Gasteiger partial charge >= 0.3 is 12.3 Å². The molecule has 0 fully saturated rings. The number of hydrogen-bond acceptors (Lipinski definition) is 4. The Bertz CT molecular complexity index is 826. The number of alkyl halides is 3. The fraction of sp³-hybridized carbons (Fsp3) is 0.222. The van der Waals surface area contributed by atoms with Crippen LogP contribution in [0.5, 0.6) is 5.75 Å². The van der Waals surface area contributed by atoms with Gasteiger partial charge in [-0.15, -0.1) is 13.2 Å². The third-order valence-corrected chi connectivity index (χ3v) is 3.44. The van der Waals surface area contributed by atoms with Gasteiger partial charge in [0.05, 0.1) is 17.2 Å². The molecule has 0 saturated carbocycles. The van der Waals surface area contributed by atoms with Crippen LogP contribution in [0.1, 0.15) is 40.9 Å². The molecule has 0 spiro atoms. The topological polar surface area (TPSA) is 59.3 Å². The second kappa shape index (κ2) is 7.97. The Morgan fingerprint density at radius 3 is 2.35 bits per heavy atom. The van der Waals surface area contributed by atoms with E-state index in [-0.39, 0.29) is 28.9 Å². The Balaban J connectivity index is 2.11. The lowest BCUT2D eigenvalue weighted by molar-refractivity contribution is -0.345. The highest BCUT2D eigenvalue weighted by molar-refractivity contribution is 5.91. The first kappa shape index (κ1) is 19.4. The standard InChI is InChI=1S/C18H13F4NO3/c1-2-16(26-18(20,21)22)11-3-5-12(6-4-11)17(24)25-14-8-7-13(10-23)15(19)9-14/h3-9,16H,2H2,1H3. The number of carbonyl (C=O) groups excluding carboxylic acids is 1. The molecule has 2 aromatic carbocycles. The summed E-state index contributed by atoms with van der Waals surface area (Å²) in [4.78, 5) is 12.0. The van der Waals surface area contributed by atoms with Gasteiger partial charge in [0.25, 0.3) is 0 Å². The van der Waals surface area contributed by atoms with Crippen molar-refractivity contribution >= 4 is 5.97 Å². The number of hydrogen-bond donors (Lipinski definition) is 0. The number of nitrogens with zero attached hydrogens (tertiary/aromatic N) is 1. The summed E-state index contributed by atoms with van der Waals surface area (Å²) in [5, 5.41) is 8.65. The van der Waals surface area contributed by atoms with Crippen molar-refractivity contribution in [2.75, 3.05) is 0 Å². The van der Waals surface area contributed by atoms with Gasteiger partial charge in [0.2, 0.25) is 0 Å². The summed E-state index contributed by atoms with van der Waals surface area (Å²) in [6.07, 6.45) is -5.86. The first-order chi connectivity index (χ1) is 12.2. The smallest absolute Gasteiger partial charge is 0.423 e. The third-order valence-electron chi connectivity index (χ3n) is 3.44. The van der Waals surface area contributed by atoms with Gasteiger partial charge in [0.15, 0.2) is 0 Å². The number of nitriles is 1. The van der Waals surface area contributed by atoms with Gasteiger partial charge in [-0.2, -0.15) is 5.26 Å². The van der Waals surface area contributed by atoms with E-state index in [0.717, 1.165) is 6.07 Å². The first-order valence-electron chi connectivity index (χ1n) is 7.50. The summed E-state index contributed by atoms with van der Waals surface area (Å²) in [6.45, 7) is 1.54. The number of benzene rings is 2. The van der Waals surface area contributed by atoms with Crippen molar-refractivity contribution in [3.63, 3.8) is 0 Å². The fourth-order valence-electron chi connectivity index (χ4n) is 2.20. The van der Waals surface area contributed by atoms with Gasteiger partial charge in [-0.1, -0.05) is 19.1 Å². The molecular weight excluding hydrogens is 354 g/mol. The molecule has 0 amide bonds. The third kappa shape index (κ3) is 5.04. The lowest BCUT2D eigenvalue weighted by Gasteiger charge is -2.18. The summed E-state index contributed by atoms with van der Waals surface area (Å²) >= 11 is 0. The van der Waals surface area contributed by atoms with Crippen molar-refractivity contribution in [1.29, 1.82) is 5.26 Å². The van der Waals surface area contributed by atoms with E-state index < -0.39 is 24.3 Å². The molecule has 4 nitrogen and oxygen atoms in total. The van der Waals surface area contributed by atoms with Crippen molar-refractivity contribution in [1.82, 2.24) is 0 Å². The van der Waals surface area contributed by atoms with Crippen LogP contribution >= 0.6 is 0 Å². The molecule has 0 N–H and O–H groups in total. The Labute approximate surface area is 146 Å². The first-order valence-corrected chi connectivity index (χ1v) is 7.50. The summed E-state index contributed by atoms with van der Waals surface area (Å²) in [5.74, 6) is -1.74. The average molecular weight is 367 g/mol. The normalized spacial score (nSPS) is 12.3. The maximum absolute atomic E-state index is 13.5. The lowest BCUT2D eigenvalue weighted by atomic mass is 10.1. The highest BCUT2D eigenvalue weighted by Crippen LogP contribution is 2.30. The average Bonchev–Trinajstić information content (AvgIpc) is 2.59. The molecule has 1 atom stereocenters. The van der Waals surface area contributed by atoms with E-state index in [1.165, 1.54) is 43.3 Å². The number of rotatable bonds is 5. The molecule has 0 bridgehead atoms. The van der Waals surface area contributed by atoms with Gasteiger partial charge in [-0.25, -0.2) is 9.18 Å². The van der Waals surface area contributed by atoms with Crippen LogP contribution in [0, 0.1) is 17.1 Å². The van der Waals surface area contributed by atoms with E-state index in [4.69, 9.17) is 10.00 Å². The summed E-state index contributed by atoms with van der Waals surface area (Å²) < 4.78 is 59.6. The number of halogens is 4. The Kier molecular flexibility index (Phi) is 5.95. The largest absolute Gasteiger partial charge is 0.523 e. The van der Waals surface area contributed by atoms with Crippen molar-refractivity contribution in [3.05, 3.63) is 65.0 Å². The molecule has 2 rings (SSSR count). The van der Waals surface area contributed by atoms with Crippen LogP contribution < -0.4 is 4.74 Å². The fourth-order valence-corrected chi connectivity index (χ4v) is 2.20. The highest BCUT2D eigenvalue weighted by Gasteiger charge is 2.33. The lowest BCUT2D eigenvalue weighted by Crippen LogP contribution is -2.18. The Morgan fingerprint density at radius 1 is 1.19 bits per heavy atom. The van der Waals surface area contributed by atoms with Crippen LogP contribution in [-0.4, -0.2) is 12.3 Å². The van der Waals surface area contributed by atoms with Crippen molar-refractivity contribution in [2.45, 2.75) is 25.8 Å². The van der Waals surface area contributed by atoms with Crippen LogP contribution in [0.15, 0.2) is 42.5 Å². The molecule has 26 heavy (non-hydrogen) atoms. The van der Waals surface area contributed by atoms with Crippen LogP contribution in [0.3, 0.4) is 0 Å².